The highest BCUT2D eigenvalue weighted by atomic mass is 19.1. The summed E-state index contributed by atoms with van der Waals surface area (Å²) in [6.07, 6.45) is 2.64. The van der Waals surface area contributed by atoms with E-state index >= 15 is 0 Å². The Bertz CT molecular complexity index is 1080. The smallest absolute Gasteiger partial charge is 0.319 e. The van der Waals surface area contributed by atoms with Crippen LogP contribution in [0.3, 0.4) is 0 Å². The summed E-state index contributed by atoms with van der Waals surface area (Å²) in [6.45, 7) is 2.63. The molecule has 2 amide bonds. The van der Waals surface area contributed by atoms with Gasteiger partial charge in [0.05, 0.1) is 19.4 Å². The molecule has 0 saturated heterocycles. The summed E-state index contributed by atoms with van der Waals surface area (Å²) in [5, 5.41) is 5.54. The van der Waals surface area contributed by atoms with E-state index in [0.29, 0.717) is 60.0 Å². The number of amides is 2. The topological polar surface area (TPSA) is 103 Å². The number of aromatic nitrogens is 1. The number of hydrogen-bond acceptors (Lipinski definition) is 6. The molecule has 0 saturated carbocycles. The summed E-state index contributed by atoms with van der Waals surface area (Å²) in [5.41, 5.74) is 1.92. The minimum absolute atomic E-state index is 0.200. The summed E-state index contributed by atoms with van der Waals surface area (Å²) < 4.78 is 29.3. The third-order valence-corrected chi connectivity index (χ3v) is 4.69. The normalized spacial score (nSPS) is 10.7. The molecule has 1 heterocycles. The highest BCUT2D eigenvalue weighted by Crippen LogP contribution is 2.32. The average Bonchev–Trinajstić information content (AvgIpc) is 3.19. The van der Waals surface area contributed by atoms with Crippen LogP contribution in [0.25, 0.3) is 22.6 Å². The minimum Gasteiger partial charge on any atom is -0.495 e. The second-order valence-corrected chi connectivity index (χ2v) is 7.04. The number of esters is 1. The summed E-state index contributed by atoms with van der Waals surface area (Å²) in [4.78, 5) is 28.0. The van der Waals surface area contributed by atoms with Gasteiger partial charge in [-0.15, -0.1) is 0 Å². The number of unbranched alkanes of at least 4 members (excludes halogenated alkanes) is 2. The van der Waals surface area contributed by atoms with Gasteiger partial charge in [0.15, 0.2) is 5.58 Å². The molecule has 3 rings (SSSR count). The Morgan fingerprint density at radius 1 is 1.12 bits per heavy atom. The molecule has 0 bridgehead atoms. The first-order valence-corrected chi connectivity index (χ1v) is 10.4. The van der Waals surface area contributed by atoms with Crippen LogP contribution >= 0.6 is 0 Å². The lowest BCUT2D eigenvalue weighted by atomic mass is 10.2. The third kappa shape index (κ3) is 6.19. The van der Waals surface area contributed by atoms with Gasteiger partial charge in [0.1, 0.15) is 17.1 Å². The second kappa shape index (κ2) is 11.1. The zero-order valence-electron chi connectivity index (χ0n) is 18.1. The van der Waals surface area contributed by atoms with Crippen molar-refractivity contribution in [2.24, 2.45) is 0 Å². The number of methoxy groups -OCH3 is 1. The molecule has 0 unspecified atom stereocenters. The Morgan fingerprint density at radius 2 is 1.97 bits per heavy atom. The predicted octanol–water partition coefficient (Wildman–Crippen LogP) is 4.89. The fourth-order valence-electron chi connectivity index (χ4n) is 3.13. The number of hydrogen-bond donors (Lipinski definition) is 2. The molecule has 8 nitrogen and oxygen atoms in total. The van der Waals surface area contributed by atoms with Crippen molar-refractivity contribution in [3.05, 3.63) is 42.2 Å². The first-order valence-electron chi connectivity index (χ1n) is 10.4. The first-order chi connectivity index (χ1) is 15.5. The molecule has 2 N–H and O–H groups in total. The Labute approximate surface area is 185 Å². The Kier molecular flexibility index (Phi) is 8.02. The van der Waals surface area contributed by atoms with Gasteiger partial charge in [0.25, 0.3) is 0 Å². The van der Waals surface area contributed by atoms with Gasteiger partial charge < -0.3 is 24.5 Å². The molecule has 0 fully saturated rings. The molecule has 2 aromatic carbocycles. The lowest BCUT2D eigenvalue weighted by molar-refractivity contribution is -0.143. The largest absolute Gasteiger partial charge is 0.495 e. The molecule has 170 valence electrons. The molecule has 3 aromatic rings. The molecule has 32 heavy (non-hydrogen) atoms. The standard InChI is InChI=1S/C23H26FN3O5/c1-3-31-21(28)7-5-4-6-12-25-23(29)27-18-13-15(8-11-19(18)30-2)22-26-17-10-9-16(24)14-20(17)32-22/h8-11,13-14H,3-7,12H2,1-2H3,(H2,25,27,29). The van der Waals surface area contributed by atoms with Crippen molar-refractivity contribution in [1.82, 2.24) is 10.3 Å². The van der Waals surface area contributed by atoms with E-state index in [0.717, 1.165) is 12.8 Å². The first kappa shape index (κ1) is 23.1. The quantitative estimate of drug-likeness (QED) is 0.342. The van der Waals surface area contributed by atoms with Crippen LogP contribution < -0.4 is 15.4 Å². The SMILES string of the molecule is CCOC(=O)CCCCCNC(=O)Nc1cc(-c2nc3ccc(F)cc3o2)ccc1OC. The fourth-order valence-corrected chi connectivity index (χ4v) is 3.13. The van der Waals surface area contributed by atoms with Crippen molar-refractivity contribution < 1.29 is 27.9 Å². The molecule has 9 heteroatoms. The van der Waals surface area contributed by atoms with E-state index in [-0.39, 0.29) is 12.0 Å². The molecular weight excluding hydrogens is 417 g/mol. The molecule has 0 radical (unpaired) electrons. The maximum atomic E-state index is 13.4. The van der Waals surface area contributed by atoms with E-state index in [9.17, 15) is 14.0 Å². The number of oxazole rings is 1. The van der Waals surface area contributed by atoms with Gasteiger partial charge in [-0.25, -0.2) is 14.2 Å². The summed E-state index contributed by atoms with van der Waals surface area (Å²) in [7, 11) is 1.50. The van der Waals surface area contributed by atoms with Gasteiger partial charge in [-0.3, -0.25) is 4.79 Å². The van der Waals surface area contributed by atoms with Crippen molar-refractivity contribution in [3.8, 4) is 17.2 Å². The van der Waals surface area contributed by atoms with Crippen LogP contribution in [0.2, 0.25) is 0 Å². The predicted molar refractivity (Wildman–Crippen MR) is 118 cm³/mol. The maximum absolute atomic E-state index is 13.4. The van der Waals surface area contributed by atoms with Crippen molar-refractivity contribution in [1.29, 1.82) is 0 Å². The zero-order chi connectivity index (χ0) is 22.9. The second-order valence-electron chi connectivity index (χ2n) is 7.04. The number of rotatable bonds is 10. The Balaban J connectivity index is 1.57. The number of anilines is 1. The van der Waals surface area contributed by atoms with Crippen molar-refractivity contribution >= 4 is 28.8 Å². The van der Waals surface area contributed by atoms with Crippen molar-refractivity contribution in [3.63, 3.8) is 0 Å². The van der Waals surface area contributed by atoms with Crippen LogP contribution in [-0.4, -0.2) is 37.2 Å². The average molecular weight is 443 g/mol. The van der Waals surface area contributed by atoms with Crippen molar-refractivity contribution in [2.75, 3.05) is 25.6 Å². The maximum Gasteiger partial charge on any atom is 0.319 e. The number of nitrogens with one attached hydrogen (secondary N) is 2. The van der Waals surface area contributed by atoms with Gasteiger partial charge in [-0.1, -0.05) is 6.42 Å². The van der Waals surface area contributed by atoms with Crippen LogP contribution in [0.1, 0.15) is 32.6 Å². The van der Waals surface area contributed by atoms with Gasteiger partial charge in [0.2, 0.25) is 5.89 Å². The van der Waals surface area contributed by atoms with E-state index in [2.05, 4.69) is 15.6 Å². The molecular formula is C23H26FN3O5. The van der Waals surface area contributed by atoms with Crippen LogP contribution in [-0.2, 0) is 9.53 Å². The Morgan fingerprint density at radius 3 is 2.75 bits per heavy atom. The number of carbonyl (C=O) groups is 2. The van der Waals surface area contributed by atoms with E-state index in [1.807, 2.05) is 0 Å². The number of ether oxygens (including phenoxy) is 2. The van der Waals surface area contributed by atoms with E-state index in [1.54, 1.807) is 31.2 Å². The number of fused-ring (bicyclic) bond motifs is 1. The highest BCUT2D eigenvalue weighted by molar-refractivity contribution is 5.92. The highest BCUT2D eigenvalue weighted by Gasteiger charge is 2.14. The monoisotopic (exact) mass is 443 g/mol. The molecule has 0 spiro atoms. The fraction of sp³-hybridized carbons (Fsp3) is 0.348. The zero-order valence-corrected chi connectivity index (χ0v) is 18.1. The minimum atomic E-state index is -0.408. The van der Waals surface area contributed by atoms with Crippen molar-refractivity contribution in [2.45, 2.75) is 32.6 Å². The molecule has 0 aliphatic carbocycles. The summed E-state index contributed by atoms with van der Waals surface area (Å²) in [5.74, 6) is 0.169. The third-order valence-electron chi connectivity index (χ3n) is 4.69. The number of halogens is 1. The lowest BCUT2D eigenvalue weighted by Gasteiger charge is -2.12. The van der Waals surface area contributed by atoms with Gasteiger partial charge >= 0.3 is 12.0 Å². The molecule has 0 atom stereocenters. The number of nitrogens with zero attached hydrogens (tertiary/aromatic N) is 1. The van der Waals surface area contributed by atoms with E-state index in [1.165, 1.54) is 19.2 Å². The van der Waals surface area contributed by atoms with Gasteiger partial charge in [-0.05, 0) is 50.1 Å². The van der Waals surface area contributed by atoms with E-state index in [4.69, 9.17) is 13.9 Å². The van der Waals surface area contributed by atoms with Crippen LogP contribution in [0, 0.1) is 5.82 Å². The van der Waals surface area contributed by atoms with Gasteiger partial charge in [-0.2, -0.15) is 0 Å². The van der Waals surface area contributed by atoms with Crippen LogP contribution in [0.4, 0.5) is 14.9 Å². The van der Waals surface area contributed by atoms with Crippen LogP contribution in [0.15, 0.2) is 40.8 Å². The Hall–Kier alpha value is -3.62. The molecule has 1 aromatic heterocycles. The number of carbonyl (C=O) groups excluding carboxylic acids is 2. The van der Waals surface area contributed by atoms with Crippen LogP contribution in [0.5, 0.6) is 5.75 Å². The van der Waals surface area contributed by atoms with E-state index < -0.39 is 5.82 Å². The summed E-state index contributed by atoms with van der Waals surface area (Å²) in [6, 6.07) is 8.86. The number of benzene rings is 2. The number of urea groups is 1. The molecule has 0 aliphatic heterocycles. The summed E-state index contributed by atoms with van der Waals surface area (Å²) >= 11 is 0. The lowest BCUT2D eigenvalue weighted by Crippen LogP contribution is -2.29. The van der Waals surface area contributed by atoms with Gasteiger partial charge in [0, 0.05) is 24.6 Å². The molecule has 0 aliphatic rings.